The number of aromatic nitrogens is 2. The van der Waals surface area contributed by atoms with E-state index in [4.69, 9.17) is 11.6 Å². The summed E-state index contributed by atoms with van der Waals surface area (Å²) in [6.07, 6.45) is 2.91. The third kappa shape index (κ3) is 1.44. The van der Waals surface area contributed by atoms with E-state index in [-0.39, 0.29) is 0 Å². The molecule has 0 unspecified atom stereocenters. The number of nitrogens with one attached hydrogen (secondary N) is 1. The maximum absolute atomic E-state index is 6.16. The summed E-state index contributed by atoms with van der Waals surface area (Å²) in [5.41, 5.74) is 4.57. The van der Waals surface area contributed by atoms with Crippen LogP contribution in [0.4, 0.5) is 0 Å². The number of hydrogen-bond donors (Lipinski definition) is 1. The lowest BCUT2D eigenvalue weighted by Crippen LogP contribution is -1.81. The zero-order valence-corrected chi connectivity index (χ0v) is 10.6. The first-order chi connectivity index (χ1) is 8.22. The molecule has 1 aromatic carbocycles. The fourth-order valence-corrected chi connectivity index (χ4v) is 2.59. The highest BCUT2D eigenvalue weighted by molar-refractivity contribution is 6.35. The van der Waals surface area contributed by atoms with Gasteiger partial charge >= 0.3 is 0 Å². The quantitative estimate of drug-likeness (QED) is 0.682. The number of para-hydroxylation sites is 1. The number of halogens is 1. The fraction of sp³-hybridized carbons (Fsp3) is 0.214. The van der Waals surface area contributed by atoms with Crippen molar-refractivity contribution in [1.29, 1.82) is 0 Å². The van der Waals surface area contributed by atoms with Crippen LogP contribution in [0.1, 0.15) is 18.2 Å². The zero-order chi connectivity index (χ0) is 12.0. The Hall–Kier alpha value is -1.54. The minimum absolute atomic E-state index is 0.703. The molecule has 2 nitrogen and oxygen atoms in total. The van der Waals surface area contributed by atoms with Crippen molar-refractivity contribution >= 4 is 33.4 Å². The first-order valence-electron chi connectivity index (χ1n) is 5.76. The summed E-state index contributed by atoms with van der Waals surface area (Å²) in [5, 5.41) is 2.99. The highest BCUT2D eigenvalue weighted by Gasteiger charge is 2.10. The van der Waals surface area contributed by atoms with E-state index in [1.165, 1.54) is 16.6 Å². The van der Waals surface area contributed by atoms with Gasteiger partial charge in [-0.05, 0) is 25.0 Å². The van der Waals surface area contributed by atoms with E-state index in [0.29, 0.717) is 5.02 Å². The highest BCUT2D eigenvalue weighted by Crippen LogP contribution is 2.30. The number of fused-ring (bicyclic) bond motifs is 3. The lowest BCUT2D eigenvalue weighted by Gasteiger charge is -2.00. The van der Waals surface area contributed by atoms with Crippen LogP contribution in [-0.4, -0.2) is 9.97 Å². The number of pyridine rings is 1. The summed E-state index contributed by atoms with van der Waals surface area (Å²) in [6.45, 7) is 4.29. The minimum Gasteiger partial charge on any atom is -0.358 e. The molecule has 3 heteroatoms. The molecule has 3 rings (SSSR count). The van der Waals surface area contributed by atoms with Gasteiger partial charge in [-0.25, -0.2) is 0 Å². The van der Waals surface area contributed by atoms with E-state index in [0.717, 1.165) is 22.8 Å². The minimum atomic E-state index is 0.703. The van der Waals surface area contributed by atoms with Crippen molar-refractivity contribution in [2.75, 3.05) is 0 Å². The molecule has 0 aliphatic rings. The van der Waals surface area contributed by atoms with Gasteiger partial charge in [0.25, 0.3) is 0 Å². The van der Waals surface area contributed by atoms with Gasteiger partial charge in [0.15, 0.2) is 0 Å². The van der Waals surface area contributed by atoms with Crippen LogP contribution in [0.2, 0.25) is 5.02 Å². The summed E-state index contributed by atoms with van der Waals surface area (Å²) in [5.74, 6) is 0. The van der Waals surface area contributed by atoms with Crippen molar-refractivity contribution in [3.05, 3.63) is 40.7 Å². The van der Waals surface area contributed by atoms with Crippen LogP contribution in [0.15, 0.2) is 24.4 Å². The third-order valence-corrected chi connectivity index (χ3v) is 3.64. The molecule has 2 aromatic heterocycles. The standard InChI is InChI=1S/C14H13ClN2/c1-3-12-8(2)10-7-16-14-9(13(10)17-12)5-4-6-11(14)15/h4-7,17H,3H2,1-2H3. The largest absolute Gasteiger partial charge is 0.358 e. The van der Waals surface area contributed by atoms with Crippen LogP contribution in [0.5, 0.6) is 0 Å². The normalized spacial score (nSPS) is 11.5. The van der Waals surface area contributed by atoms with E-state index >= 15 is 0 Å². The molecule has 0 radical (unpaired) electrons. The second-order valence-electron chi connectivity index (χ2n) is 4.26. The zero-order valence-electron chi connectivity index (χ0n) is 9.84. The lowest BCUT2D eigenvalue weighted by molar-refractivity contribution is 1.05. The molecule has 2 heterocycles. The Labute approximate surface area is 105 Å². The number of rotatable bonds is 1. The molecule has 0 saturated carbocycles. The summed E-state index contributed by atoms with van der Waals surface area (Å²) in [4.78, 5) is 7.95. The van der Waals surface area contributed by atoms with Gasteiger partial charge in [-0.1, -0.05) is 30.7 Å². The molecule has 0 aliphatic heterocycles. The van der Waals surface area contributed by atoms with Gasteiger partial charge in [0.2, 0.25) is 0 Å². The summed E-state index contributed by atoms with van der Waals surface area (Å²) < 4.78 is 0. The second-order valence-corrected chi connectivity index (χ2v) is 4.67. The van der Waals surface area contributed by atoms with Crippen LogP contribution in [0.3, 0.4) is 0 Å². The summed E-state index contributed by atoms with van der Waals surface area (Å²) in [7, 11) is 0. The number of aryl methyl sites for hydroxylation is 2. The lowest BCUT2D eigenvalue weighted by atomic mass is 10.1. The topological polar surface area (TPSA) is 28.7 Å². The van der Waals surface area contributed by atoms with Crippen molar-refractivity contribution in [3.63, 3.8) is 0 Å². The van der Waals surface area contributed by atoms with Crippen LogP contribution in [0.25, 0.3) is 21.8 Å². The molecule has 0 amide bonds. The van der Waals surface area contributed by atoms with Crippen molar-refractivity contribution in [2.45, 2.75) is 20.3 Å². The molecule has 0 atom stereocenters. The number of hydrogen-bond acceptors (Lipinski definition) is 1. The molecule has 86 valence electrons. The van der Waals surface area contributed by atoms with E-state index in [1.54, 1.807) is 0 Å². The Balaban J connectivity index is 2.52. The molecule has 0 bridgehead atoms. The Bertz CT molecular complexity index is 713. The van der Waals surface area contributed by atoms with Gasteiger partial charge in [-0.2, -0.15) is 0 Å². The number of aromatic amines is 1. The Kier molecular flexibility index (Phi) is 2.33. The molecule has 0 saturated heterocycles. The average Bonchev–Trinajstić information content (AvgIpc) is 2.67. The Morgan fingerprint density at radius 2 is 2.12 bits per heavy atom. The average molecular weight is 245 g/mol. The Morgan fingerprint density at radius 1 is 1.29 bits per heavy atom. The SMILES string of the molecule is CCc1[nH]c2c(cnc3c(Cl)cccc32)c1C. The van der Waals surface area contributed by atoms with Gasteiger partial charge in [0.05, 0.1) is 16.1 Å². The van der Waals surface area contributed by atoms with Crippen LogP contribution in [0, 0.1) is 6.92 Å². The molecule has 0 fully saturated rings. The molecule has 1 N–H and O–H groups in total. The molecule has 3 aromatic rings. The van der Waals surface area contributed by atoms with Crippen molar-refractivity contribution in [1.82, 2.24) is 9.97 Å². The maximum atomic E-state index is 6.16. The van der Waals surface area contributed by atoms with Crippen LogP contribution >= 0.6 is 11.6 Å². The van der Waals surface area contributed by atoms with Crippen LogP contribution < -0.4 is 0 Å². The predicted molar refractivity (Wildman–Crippen MR) is 72.7 cm³/mol. The summed E-state index contributed by atoms with van der Waals surface area (Å²) in [6, 6.07) is 5.90. The van der Waals surface area contributed by atoms with Gasteiger partial charge in [0, 0.05) is 22.7 Å². The van der Waals surface area contributed by atoms with E-state index in [1.807, 2.05) is 18.3 Å². The van der Waals surface area contributed by atoms with E-state index < -0.39 is 0 Å². The fourth-order valence-electron chi connectivity index (χ4n) is 2.37. The number of H-pyrrole nitrogens is 1. The van der Waals surface area contributed by atoms with E-state index in [9.17, 15) is 0 Å². The second kappa shape index (κ2) is 3.74. The maximum Gasteiger partial charge on any atom is 0.0909 e. The van der Waals surface area contributed by atoms with Gasteiger partial charge < -0.3 is 4.98 Å². The van der Waals surface area contributed by atoms with Gasteiger partial charge in [-0.3, -0.25) is 4.98 Å². The smallest absolute Gasteiger partial charge is 0.0909 e. The van der Waals surface area contributed by atoms with Crippen LogP contribution in [-0.2, 0) is 6.42 Å². The van der Waals surface area contributed by atoms with Crippen molar-refractivity contribution in [2.24, 2.45) is 0 Å². The van der Waals surface area contributed by atoms with Gasteiger partial charge in [0.1, 0.15) is 0 Å². The summed E-state index contributed by atoms with van der Waals surface area (Å²) >= 11 is 6.16. The van der Waals surface area contributed by atoms with Crippen molar-refractivity contribution in [3.8, 4) is 0 Å². The predicted octanol–water partition coefficient (Wildman–Crippen LogP) is 4.24. The molecule has 0 spiro atoms. The molecule has 17 heavy (non-hydrogen) atoms. The molecular weight excluding hydrogens is 232 g/mol. The highest BCUT2D eigenvalue weighted by atomic mass is 35.5. The van der Waals surface area contributed by atoms with Gasteiger partial charge in [-0.15, -0.1) is 0 Å². The first-order valence-corrected chi connectivity index (χ1v) is 6.14. The molecule has 0 aliphatic carbocycles. The molecular formula is C14H13ClN2. The van der Waals surface area contributed by atoms with Crippen molar-refractivity contribution < 1.29 is 0 Å². The first kappa shape index (κ1) is 10.6. The number of nitrogens with zero attached hydrogens (tertiary/aromatic N) is 1. The third-order valence-electron chi connectivity index (χ3n) is 3.33. The van der Waals surface area contributed by atoms with E-state index in [2.05, 4.69) is 29.9 Å². The monoisotopic (exact) mass is 244 g/mol. The number of benzene rings is 1. The Morgan fingerprint density at radius 3 is 2.88 bits per heavy atom.